The first kappa shape index (κ1) is 23.3. The summed E-state index contributed by atoms with van der Waals surface area (Å²) in [4.78, 5) is 23.9. The van der Waals surface area contributed by atoms with Crippen molar-refractivity contribution in [1.82, 2.24) is 5.01 Å². The van der Waals surface area contributed by atoms with Crippen molar-refractivity contribution < 1.29 is 27.9 Å². The Labute approximate surface area is 186 Å². The highest BCUT2D eigenvalue weighted by Gasteiger charge is 2.35. The number of carboxylic acid groups (broad SMARTS) is 1. The van der Waals surface area contributed by atoms with Crippen LogP contribution >= 0.6 is 0 Å². The predicted molar refractivity (Wildman–Crippen MR) is 120 cm³/mol. The summed E-state index contributed by atoms with van der Waals surface area (Å²) in [5.41, 5.74) is 2.15. The number of hydrazone groups is 1. The maximum Gasteiger partial charge on any atom is 0.303 e. The molecule has 32 heavy (non-hydrogen) atoms. The van der Waals surface area contributed by atoms with Gasteiger partial charge in [0.1, 0.15) is 5.75 Å². The summed E-state index contributed by atoms with van der Waals surface area (Å²) in [6.45, 7) is 2.29. The van der Waals surface area contributed by atoms with Crippen molar-refractivity contribution in [3.8, 4) is 5.75 Å². The van der Waals surface area contributed by atoms with Gasteiger partial charge < -0.3 is 9.84 Å². The van der Waals surface area contributed by atoms with Crippen LogP contribution in [0.15, 0.2) is 53.6 Å². The Hall–Kier alpha value is -3.40. The van der Waals surface area contributed by atoms with E-state index >= 15 is 0 Å². The van der Waals surface area contributed by atoms with E-state index in [-0.39, 0.29) is 12.8 Å². The Morgan fingerprint density at radius 1 is 1.16 bits per heavy atom. The Morgan fingerprint density at radius 3 is 2.53 bits per heavy atom. The van der Waals surface area contributed by atoms with Crippen LogP contribution in [0.5, 0.6) is 5.75 Å². The molecule has 0 aromatic heterocycles. The third-order valence-corrected chi connectivity index (χ3v) is 5.42. The molecule has 1 aliphatic heterocycles. The van der Waals surface area contributed by atoms with Gasteiger partial charge in [-0.25, -0.2) is 13.4 Å². The van der Waals surface area contributed by atoms with Gasteiger partial charge in [-0.3, -0.25) is 14.3 Å². The lowest BCUT2D eigenvalue weighted by molar-refractivity contribution is -0.141. The molecule has 0 saturated carbocycles. The summed E-state index contributed by atoms with van der Waals surface area (Å²) < 4.78 is 31.8. The number of anilines is 1. The average molecular weight is 460 g/mol. The fourth-order valence-corrected chi connectivity index (χ4v) is 4.12. The number of aliphatic carboxylic acids is 1. The van der Waals surface area contributed by atoms with Crippen LogP contribution in [0, 0.1) is 0 Å². The monoisotopic (exact) mass is 459 g/mol. The molecule has 0 aliphatic carbocycles. The second-order valence-electron chi connectivity index (χ2n) is 7.29. The smallest absolute Gasteiger partial charge is 0.303 e. The number of nitrogens with zero attached hydrogens (tertiary/aromatic N) is 2. The van der Waals surface area contributed by atoms with Gasteiger partial charge >= 0.3 is 5.97 Å². The zero-order valence-corrected chi connectivity index (χ0v) is 18.6. The predicted octanol–water partition coefficient (Wildman–Crippen LogP) is 3.00. The van der Waals surface area contributed by atoms with Crippen LogP contribution < -0.4 is 9.46 Å². The maximum absolute atomic E-state index is 12.9. The second kappa shape index (κ2) is 9.82. The quantitative estimate of drug-likeness (QED) is 0.594. The van der Waals surface area contributed by atoms with Crippen molar-refractivity contribution >= 4 is 33.3 Å². The molecular formula is C22H25N3O6S. The number of benzene rings is 2. The SMILES string of the molecule is CCOc1ccccc1C1CC(c2ccccc2NS(C)(=O)=O)=NN1C(=O)CCC(=O)O. The molecule has 1 amide bonds. The van der Waals surface area contributed by atoms with Gasteiger partial charge in [0.15, 0.2) is 0 Å². The van der Waals surface area contributed by atoms with E-state index in [1.807, 2.05) is 25.1 Å². The molecular weight excluding hydrogens is 434 g/mol. The molecule has 3 rings (SSSR count). The summed E-state index contributed by atoms with van der Waals surface area (Å²) in [5.74, 6) is -0.905. The fourth-order valence-electron chi connectivity index (χ4n) is 3.54. The number of sulfonamides is 1. The molecule has 0 bridgehead atoms. The van der Waals surface area contributed by atoms with Crippen LogP contribution in [0.4, 0.5) is 5.69 Å². The third-order valence-electron chi connectivity index (χ3n) is 4.83. The van der Waals surface area contributed by atoms with Crippen LogP contribution in [-0.2, 0) is 19.6 Å². The highest BCUT2D eigenvalue weighted by atomic mass is 32.2. The first-order valence-electron chi connectivity index (χ1n) is 10.1. The Balaban J connectivity index is 2.02. The van der Waals surface area contributed by atoms with Gasteiger partial charge in [0.25, 0.3) is 0 Å². The number of hydrogen-bond acceptors (Lipinski definition) is 6. The Kier molecular flexibility index (Phi) is 7.14. The average Bonchev–Trinajstić information content (AvgIpc) is 3.17. The van der Waals surface area contributed by atoms with Crippen molar-refractivity contribution in [2.45, 2.75) is 32.2 Å². The molecule has 1 aliphatic rings. The number of carboxylic acids is 1. The van der Waals surface area contributed by atoms with Gasteiger partial charge in [-0.2, -0.15) is 5.10 Å². The lowest BCUT2D eigenvalue weighted by atomic mass is 9.96. The molecule has 0 saturated heterocycles. The van der Waals surface area contributed by atoms with E-state index in [1.165, 1.54) is 5.01 Å². The lowest BCUT2D eigenvalue weighted by Gasteiger charge is -2.23. The number of nitrogens with one attached hydrogen (secondary N) is 1. The van der Waals surface area contributed by atoms with E-state index in [1.54, 1.807) is 30.3 Å². The molecule has 170 valence electrons. The molecule has 1 heterocycles. The highest BCUT2D eigenvalue weighted by molar-refractivity contribution is 7.92. The Bertz CT molecular complexity index is 1150. The largest absolute Gasteiger partial charge is 0.494 e. The number of amides is 1. The number of para-hydroxylation sites is 2. The molecule has 0 spiro atoms. The molecule has 2 N–H and O–H groups in total. The highest BCUT2D eigenvalue weighted by Crippen LogP contribution is 2.39. The standard InChI is InChI=1S/C22H25N3O6S/c1-3-31-20-11-7-5-9-16(20)19-14-18(23-25(19)21(26)12-13-22(27)28)15-8-4-6-10-17(15)24-32(2,29)30/h4-11,19,24H,3,12-14H2,1-2H3,(H,27,28). The number of rotatable bonds is 9. The number of hydrogen-bond donors (Lipinski definition) is 2. The van der Waals surface area contributed by atoms with Gasteiger partial charge in [0, 0.05) is 24.0 Å². The summed E-state index contributed by atoms with van der Waals surface area (Å²) in [6, 6.07) is 13.6. The minimum atomic E-state index is -3.53. The molecule has 2 aromatic carbocycles. The van der Waals surface area contributed by atoms with Crippen molar-refractivity contribution in [2.75, 3.05) is 17.6 Å². The first-order chi connectivity index (χ1) is 15.2. The Morgan fingerprint density at radius 2 is 1.84 bits per heavy atom. The minimum Gasteiger partial charge on any atom is -0.494 e. The summed E-state index contributed by atoms with van der Waals surface area (Å²) in [5, 5.41) is 14.8. The molecule has 2 aromatic rings. The minimum absolute atomic E-state index is 0.206. The molecule has 9 nitrogen and oxygen atoms in total. The normalized spacial score (nSPS) is 15.9. The van der Waals surface area contributed by atoms with E-state index < -0.39 is 27.9 Å². The topological polar surface area (TPSA) is 125 Å². The van der Waals surface area contributed by atoms with Crippen molar-refractivity contribution in [3.05, 3.63) is 59.7 Å². The van der Waals surface area contributed by atoms with Crippen LogP contribution in [0.3, 0.4) is 0 Å². The summed E-state index contributed by atoms with van der Waals surface area (Å²) >= 11 is 0. The van der Waals surface area contributed by atoms with Crippen molar-refractivity contribution in [3.63, 3.8) is 0 Å². The van der Waals surface area contributed by atoms with E-state index in [2.05, 4.69) is 9.82 Å². The number of carbonyl (C=O) groups is 2. The van der Waals surface area contributed by atoms with Crippen molar-refractivity contribution in [2.24, 2.45) is 5.10 Å². The first-order valence-corrected chi connectivity index (χ1v) is 12.0. The lowest BCUT2D eigenvalue weighted by Crippen LogP contribution is -2.27. The van der Waals surface area contributed by atoms with E-state index in [0.29, 0.717) is 35.7 Å². The van der Waals surface area contributed by atoms with Crippen molar-refractivity contribution in [1.29, 1.82) is 0 Å². The van der Waals surface area contributed by atoms with Gasteiger partial charge in [-0.15, -0.1) is 0 Å². The number of ether oxygens (including phenoxy) is 1. The number of carbonyl (C=O) groups excluding carboxylic acids is 1. The zero-order chi connectivity index (χ0) is 23.3. The van der Waals surface area contributed by atoms with E-state index in [4.69, 9.17) is 9.84 Å². The molecule has 1 atom stereocenters. The molecule has 0 radical (unpaired) electrons. The van der Waals surface area contributed by atoms with Gasteiger partial charge in [0.2, 0.25) is 15.9 Å². The summed E-state index contributed by atoms with van der Waals surface area (Å²) in [7, 11) is -3.53. The third kappa shape index (κ3) is 5.64. The molecule has 1 unspecified atom stereocenters. The fraction of sp³-hybridized carbons (Fsp3) is 0.318. The van der Waals surface area contributed by atoms with Gasteiger partial charge in [-0.05, 0) is 19.1 Å². The zero-order valence-electron chi connectivity index (χ0n) is 17.8. The molecule has 0 fully saturated rings. The van der Waals surface area contributed by atoms with Crippen LogP contribution in [0.1, 0.15) is 43.4 Å². The van der Waals surface area contributed by atoms with E-state index in [9.17, 15) is 18.0 Å². The maximum atomic E-state index is 12.9. The van der Waals surface area contributed by atoms with Crippen LogP contribution in [0.2, 0.25) is 0 Å². The van der Waals surface area contributed by atoms with E-state index in [0.717, 1.165) is 11.8 Å². The molecule has 10 heteroatoms. The van der Waals surface area contributed by atoms with Gasteiger partial charge in [-0.1, -0.05) is 36.4 Å². The van der Waals surface area contributed by atoms with Gasteiger partial charge in [0.05, 0.1) is 36.7 Å². The second-order valence-corrected chi connectivity index (χ2v) is 9.04. The summed E-state index contributed by atoms with van der Waals surface area (Å²) in [6.07, 6.45) is 0.851. The van der Waals surface area contributed by atoms with Crippen LogP contribution in [0.25, 0.3) is 0 Å². The van der Waals surface area contributed by atoms with Crippen LogP contribution in [-0.4, -0.2) is 49.0 Å².